The third kappa shape index (κ3) is 6.40. The van der Waals surface area contributed by atoms with Crippen LogP contribution in [0.25, 0.3) is 6.08 Å². The number of rotatable bonds is 11. The summed E-state index contributed by atoms with van der Waals surface area (Å²) in [6.07, 6.45) is 4.03. The summed E-state index contributed by atoms with van der Waals surface area (Å²) in [5.41, 5.74) is 1.94. The number of carbonyl (C=O) groups excluding carboxylic acids is 1. The highest BCUT2D eigenvalue weighted by Gasteiger charge is 2.18. The highest BCUT2D eigenvalue weighted by atomic mass is 35.5. The van der Waals surface area contributed by atoms with E-state index in [2.05, 4.69) is 24.1 Å². The van der Waals surface area contributed by atoms with Gasteiger partial charge < -0.3 is 19.5 Å². The van der Waals surface area contributed by atoms with Crippen molar-refractivity contribution in [2.45, 2.75) is 26.7 Å². The number of halogens is 1. The van der Waals surface area contributed by atoms with E-state index in [0.717, 1.165) is 38.0 Å². The number of methoxy groups -OCH3 is 1. The minimum Gasteiger partial charge on any atom is -0.493 e. The molecule has 0 saturated carbocycles. The number of hydrogen-bond acceptors (Lipinski definition) is 5. The Morgan fingerprint density at radius 2 is 1.88 bits per heavy atom. The Bertz CT molecular complexity index is 955. The van der Waals surface area contributed by atoms with Crippen molar-refractivity contribution in [2.75, 3.05) is 45.3 Å². The standard InChI is InChI=1S/C25H31ClN2O4/c1-4-10-28(11-5-2)12-13-31-24-16-21(7-9-23(24)30-3)27-25(29)19-14-18-15-20(26)6-8-22(18)32-17-19/h6-9,14-16H,4-5,10-13,17H2,1-3H3,(H,27,29). The van der Waals surface area contributed by atoms with Crippen molar-refractivity contribution in [3.05, 3.63) is 52.6 Å². The number of hydrogen-bond donors (Lipinski definition) is 1. The Hall–Kier alpha value is -2.70. The Morgan fingerprint density at radius 3 is 2.59 bits per heavy atom. The van der Waals surface area contributed by atoms with Gasteiger partial charge in [-0.1, -0.05) is 25.4 Å². The lowest BCUT2D eigenvalue weighted by atomic mass is 10.1. The first-order chi connectivity index (χ1) is 15.5. The SMILES string of the molecule is CCCN(CCC)CCOc1cc(NC(=O)C2=Cc3cc(Cl)ccc3OC2)ccc1OC. The van der Waals surface area contributed by atoms with E-state index < -0.39 is 0 Å². The highest BCUT2D eigenvalue weighted by molar-refractivity contribution is 6.30. The largest absolute Gasteiger partial charge is 0.493 e. The molecule has 0 atom stereocenters. The van der Waals surface area contributed by atoms with Gasteiger partial charge in [0.05, 0.1) is 12.7 Å². The molecule has 0 unspecified atom stereocenters. The normalized spacial score (nSPS) is 12.6. The number of anilines is 1. The van der Waals surface area contributed by atoms with Gasteiger partial charge in [-0.05, 0) is 62.3 Å². The van der Waals surface area contributed by atoms with Gasteiger partial charge in [-0.25, -0.2) is 0 Å². The van der Waals surface area contributed by atoms with Crippen molar-refractivity contribution < 1.29 is 19.0 Å². The molecular formula is C25H31ClN2O4. The molecule has 1 aliphatic heterocycles. The summed E-state index contributed by atoms with van der Waals surface area (Å²) in [6.45, 7) is 8.05. The molecule has 0 aromatic heterocycles. The number of ether oxygens (including phenoxy) is 3. The van der Waals surface area contributed by atoms with Crippen molar-refractivity contribution in [1.82, 2.24) is 4.90 Å². The van der Waals surface area contributed by atoms with Crippen molar-refractivity contribution >= 4 is 29.3 Å². The molecule has 32 heavy (non-hydrogen) atoms. The molecule has 0 bridgehead atoms. The van der Waals surface area contributed by atoms with Gasteiger partial charge in [-0.15, -0.1) is 0 Å². The number of benzene rings is 2. The van der Waals surface area contributed by atoms with Gasteiger partial charge in [0.15, 0.2) is 11.5 Å². The highest BCUT2D eigenvalue weighted by Crippen LogP contribution is 2.32. The van der Waals surface area contributed by atoms with Crippen LogP contribution in [-0.4, -0.2) is 50.8 Å². The predicted octanol–water partition coefficient (Wildman–Crippen LogP) is 5.26. The van der Waals surface area contributed by atoms with Crippen LogP contribution in [0.2, 0.25) is 5.02 Å². The lowest BCUT2D eigenvalue weighted by molar-refractivity contribution is -0.113. The summed E-state index contributed by atoms with van der Waals surface area (Å²) in [4.78, 5) is 15.2. The molecule has 1 aliphatic rings. The maximum Gasteiger partial charge on any atom is 0.255 e. The fourth-order valence-corrected chi connectivity index (χ4v) is 3.79. The minimum absolute atomic E-state index is 0.199. The lowest BCUT2D eigenvalue weighted by Gasteiger charge is -2.21. The molecule has 1 heterocycles. The summed E-state index contributed by atoms with van der Waals surface area (Å²) in [5.74, 6) is 1.71. The van der Waals surface area contributed by atoms with Crippen molar-refractivity contribution in [2.24, 2.45) is 0 Å². The maximum absolute atomic E-state index is 12.8. The van der Waals surface area contributed by atoms with Crippen LogP contribution in [0.4, 0.5) is 5.69 Å². The molecule has 1 N–H and O–H groups in total. The van der Waals surface area contributed by atoms with E-state index >= 15 is 0 Å². The van der Waals surface area contributed by atoms with Crippen LogP contribution in [-0.2, 0) is 4.79 Å². The molecule has 0 radical (unpaired) electrons. The smallest absolute Gasteiger partial charge is 0.255 e. The number of nitrogens with zero attached hydrogens (tertiary/aromatic N) is 1. The zero-order valence-corrected chi connectivity index (χ0v) is 19.7. The van der Waals surface area contributed by atoms with Crippen molar-refractivity contribution in [3.63, 3.8) is 0 Å². The molecule has 2 aromatic rings. The topological polar surface area (TPSA) is 60.0 Å². The number of carbonyl (C=O) groups is 1. The first-order valence-corrected chi connectivity index (χ1v) is 11.4. The number of fused-ring (bicyclic) bond motifs is 1. The molecule has 0 saturated heterocycles. The second kappa shape index (κ2) is 11.8. The van der Waals surface area contributed by atoms with E-state index in [9.17, 15) is 4.79 Å². The van der Waals surface area contributed by atoms with Crippen molar-refractivity contribution in [3.8, 4) is 17.2 Å². The molecule has 0 aliphatic carbocycles. The summed E-state index contributed by atoms with van der Waals surface area (Å²) < 4.78 is 17.1. The zero-order valence-electron chi connectivity index (χ0n) is 18.9. The molecule has 2 aromatic carbocycles. The van der Waals surface area contributed by atoms with E-state index in [4.69, 9.17) is 25.8 Å². The minimum atomic E-state index is -0.233. The van der Waals surface area contributed by atoms with Gasteiger partial charge in [-0.3, -0.25) is 9.69 Å². The lowest BCUT2D eigenvalue weighted by Crippen LogP contribution is -2.30. The van der Waals surface area contributed by atoms with Crippen LogP contribution in [0, 0.1) is 0 Å². The summed E-state index contributed by atoms with van der Waals surface area (Å²) >= 11 is 6.06. The number of amides is 1. The van der Waals surface area contributed by atoms with Crippen LogP contribution in [0.15, 0.2) is 42.0 Å². The van der Waals surface area contributed by atoms with Gasteiger partial charge in [0.2, 0.25) is 0 Å². The number of nitrogens with one attached hydrogen (secondary N) is 1. The fraction of sp³-hybridized carbons (Fsp3) is 0.400. The Kier molecular flexibility index (Phi) is 8.82. The van der Waals surface area contributed by atoms with Crippen molar-refractivity contribution in [1.29, 1.82) is 0 Å². The second-order valence-electron chi connectivity index (χ2n) is 7.65. The third-order valence-electron chi connectivity index (χ3n) is 5.14. The Balaban J connectivity index is 1.66. The Labute approximate surface area is 195 Å². The summed E-state index contributed by atoms with van der Waals surface area (Å²) in [6, 6.07) is 10.7. The van der Waals surface area contributed by atoms with E-state index in [1.165, 1.54) is 0 Å². The summed E-state index contributed by atoms with van der Waals surface area (Å²) in [5, 5.41) is 3.52. The van der Waals surface area contributed by atoms with E-state index in [0.29, 0.717) is 40.1 Å². The molecule has 1 amide bonds. The van der Waals surface area contributed by atoms with Crippen LogP contribution in [0.1, 0.15) is 32.3 Å². The average molecular weight is 459 g/mol. The Morgan fingerprint density at radius 1 is 1.09 bits per heavy atom. The molecule has 7 heteroatoms. The molecule has 6 nitrogen and oxygen atoms in total. The van der Waals surface area contributed by atoms with E-state index in [-0.39, 0.29) is 12.5 Å². The molecule has 3 rings (SSSR count). The van der Waals surface area contributed by atoms with Gasteiger partial charge in [0.1, 0.15) is 19.0 Å². The first kappa shape index (κ1) is 24.0. The molecule has 172 valence electrons. The third-order valence-corrected chi connectivity index (χ3v) is 5.38. The second-order valence-corrected chi connectivity index (χ2v) is 8.09. The molecular weight excluding hydrogens is 428 g/mol. The first-order valence-electron chi connectivity index (χ1n) is 11.0. The van der Waals surface area contributed by atoms with Crippen LogP contribution >= 0.6 is 11.6 Å². The van der Waals surface area contributed by atoms with E-state index in [1.54, 1.807) is 49.6 Å². The molecule has 0 spiro atoms. The predicted molar refractivity (Wildman–Crippen MR) is 129 cm³/mol. The quantitative estimate of drug-likeness (QED) is 0.497. The maximum atomic E-state index is 12.8. The average Bonchev–Trinajstić information content (AvgIpc) is 2.79. The van der Waals surface area contributed by atoms with E-state index in [1.807, 2.05) is 0 Å². The zero-order chi connectivity index (χ0) is 22.9. The van der Waals surface area contributed by atoms with Crippen LogP contribution in [0.5, 0.6) is 17.2 Å². The van der Waals surface area contributed by atoms with Crippen LogP contribution in [0.3, 0.4) is 0 Å². The van der Waals surface area contributed by atoms with Gasteiger partial charge >= 0.3 is 0 Å². The van der Waals surface area contributed by atoms with Gasteiger partial charge in [0, 0.05) is 28.9 Å². The van der Waals surface area contributed by atoms with Gasteiger partial charge in [-0.2, -0.15) is 0 Å². The molecule has 0 fully saturated rings. The van der Waals surface area contributed by atoms with Crippen LogP contribution < -0.4 is 19.5 Å². The fourth-order valence-electron chi connectivity index (χ4n) is 3.61. The van der Waals surface area contributed by atoms with Gasteiger partial charge in [0.25, 0.3) is 5.91 Å². The monoisotopic (exact) mass is 458 g/mol. The summed E-state index contributed by atoms with van der Waals surface area (Å²) in [7, 11) is 1.60.